The summed E-state index contributed by atoms with van der Waals surface area (Å²) >= 11 is 1.75. The third-order valence-electron chi connectivity index (χ3n) is 3.77. The summed E-state index contributed by atoms with van der Waals surface area (Å²) in [4.78, 5) is 13.2. The van der Waals surface area contributed by atoms with Crippen molar-refractivity contribution in [1.29, 1.82) is 0 Å². The molecule has 0 aromatic heterocycles. The normalized spacial score (nSPS) is 10.4. The van der Waals surface area contributed by atoms with Gasteiger partial charge in [-0.1, -0.05) is 17.7 Å². The van der Waals surface area contributed by atoms with Crippen molar-refractivity contribution in [2.24, 2.45) is 0 Å². The molecule has 4 nitrogen and oxygen atoms in total. The molecule has 0 spiro atoms. The molecule has 1 amide bonds. The molecule has 0 aliphatic carbocycles. The molecule has 0 aliphatic heterocycles. The van der Waals surface area contributed by atoms with Gasteiger partial charge < -0.3 is 14.8 Å². The van der Waals surface area contributed by atoms with E-state index in [1.807, 2.05) is 18.2 Å². The molecule has 2 aromatic rings. The number of ether oxygens (including phenoxy) is 2. The van der Waals surface area contributed by atoms with Gasteiger partial charge in [0, 0.05) is 29.7 Å². The molecule has 0 fully saturated rings. The summed E-state index contributed by atoms with van der Waals surface area (Å²) in [7, 11) is 3.24. The minimum atomic E-state index is 0.0614. The van der Waals surface area contributed by atoms with Crippen LogP contribution in [0.25, 0.3) is 0 Å². The first-order valence-electron chi connectivity index (χ1n) is 8.29. The van der Waals surface area contributed by atoms with Gasteiger partial charge in [0.25, 0.3) is 0 Å². The third kappa shape index (κ3) is 6.70. The van der Waals surface area contributed by atoms with Crippen LogP contribution < -0.4 is 14.8 Å². The predicted molar refractivity (Wildman–Crippen MR) is 103 cm³/mol. The van der Waals surface area contributed by atoms with Crippen LogP contribution in [0.15, 0.2) is 47.4 Å². The highest BCUT2D eigenvalue weighted by atomic mass is 32.2. The first kappa shape index (κ1) is 19.2. The van der Waals surface area contributed by atoms with Gasteiger partial charge in [-0.15, -0.1) is 11.8 Å². The van der Waals surface area contributed by atoms with Crippen LogP contribution in [0.3, 0.4) is 0 Å². The SMILES string of the molecule is COc1cc(CCC(=O)NCCSc2ccc(C)cc2)cc(OC)c1. The Morgan fingerprint density at radius 2 is 1.68 bits per heavy atom. The van der Waals surface area contributed by atoms with Crippen LogP contribution in [-0.4, -0.2) is 32.4 Å². The second-order valence-corrected chi connectivity index (χ2v) is 6.90. The van der Waals surface area contributed by atoms with E-state index in [1.54, 1.807) is 26.0 Å². The lowest BCUT2D eigenvalue weighted by atomic mass is 10.1. The maximum absolute atomic E-state index is 12.0. The molecule has 134 valence electrons. The fourth-order valence-corrected chi connectivity index (χ4v) is 3.12. The fraction of sp³-hybridized carbons (Fsp3) is 0.350. The number of thioether (sulfide) groups is 1. The number of methoxy groups -OCH3 is 2. The van der Waals surface area contributed by atoms with Crippen molar-refractivity contribution in [3.05, 3.63) is 53.6 Å². The van der Waals surface area contributed by atoms with E-state index < -0.39 is 0 Å². The highest BCUT2D eigenvalue weighted by Gasteiger charge is 2.06. The Balaban J connectivity index is 1.71. The van der Waals surface area contributed by atoms with Crippen molar-refractivity contribution in [2.45, 2.75) is 24.7 Å². The highest BCUT2D eigenvalue weighted by molar-refractivity contribution is 7.99. The minimum absolute atomic E-state index is 0.0614. The number of benzene rings is 2. The molecule has 0 bridgehead atoms. The van der Waals surface area contributed by atoms with E-state index in [4.69, 9.17) is 9.47 Å². The Hall–Kier alpha value is -2.14. The van der Waals surface area contributed by atoms with E-state index in [0.29, 0.717) is 19.4 Å². The smallest absolute Gasteiger partial charge is 0.220 e. The van der Waals surface area contributed by atoms with Crippen molar-refractivity contribution < 1.29 is 14.3 Å². The van der Waals surface area contributed by atoms with Crippen LogP contribution >= 0.6 is 11.8 Å². The van der Waals surface area contributed by atoms with Gasteiger partial charge >= 0.3 is 0 Å². The van der Waals surface area contributed by atoms with Crippen molar-refractivity contribution in [2.75, 3.05) is 26.5 Å². The monoisotopic (exact) mass is 359 g/mol. The standard InChI is InChI=1S/C20H25NO3S/c1-15-4-7-19(8-5-15)25-11-10-21-20(22)9-6-16-12-17(23-2)14-18(13-16)24-3/h4-5,7-8,12-14H,6,9-11H2,1-3H3,(H,21,22). The van der Waals surface area contributed by atoms with Gasteiger partial charge in [-0.25, -0.2) is 0 Å². The summed E-state index contributed by atoms with van der Waals surface area (Å²) in [6.07, 6.45) is 1.11. The summed E-state index contributed by atoms with van der Waals surface area (Å²) in [6, 6.07) is 14.1. The van der Waals surface area contributed by atoms with Gasteiger partial charge in [-0.2, -0.15) is 0 Å². The number of aryl methyl sites for hydroxylation is 2. The topological polar surface area (TPSA) is 47.6 Å². The second kappa shape index (κ2) is 9.99. The van der Waals surface area contributed by atoms with Gasteiger partial charge in [0.2, 0.25) is 5.91 Å². The van der Waals surface area contributed by atoms with Crippen LogP contribution in [0, 0.1) is 6.92 Å². The number of carbonyl (C=O) groups excluding carboxylic acids is 1. The van der Waals surface area contributed by atoms with E-state index in [1.165, 1.54) is 10.5 Å². The molecule has 0 saturated heterocycles. The lowest BCUT2D eigenvalue weighted by Crippen LogP contribution is -2.25. The van der Waals surface area contributed by atoms with E-state index in [0.717, 1.165) is 22.8 Å². The Bertz CT molecular complexity index is 664. The summed E-state index contributed by atoms with van der Waals surface area (Å²) in [5, 5.41) is 2.97. The maximum atomic E-state index is 12.0. The number of hydrogen-bond donors (Lipinski definition) is 1. The summed E-state index contributed by atoms with van der Waals surface area (Å²) < 4.78 is 10.5. The van der Waals surface area contributed by atoms with Crippen molar-refractivity contribution in [1.82, 2.24) is 5.32 Å². The molecule has 0 aliphatic rings. The largest absolute Gasteiger partial charge is 0.497 e. The highest BCUT2D eigenvalue weighted by Crippen LogP contribution is 2.23. The molecule has 0 heterocycles. The van der Waals surface area contributed by atoms with Crippen molar-refractivity contribution >= 4 is 17.7 Å². The zero-order valence-corrected chi connectivity index (χ0v) is 15.8. The summed E-state index contributed by atoms with van der Waals surface area (Å²) in [5.74, 6) is 2.40. The summed E-state index contributed by atoms with van der Waals surface area (Å²) in [5.41, 5.74) is 2.28. The average molecular weight is 359 g/mol. The van der Waals surface area contributed by atoms with Gasteiger partial charge in [0.05, 0.1) is 14.2 Å². The molecule has 0 saturated carbocycles. The van der Waals surface area contributed by atoms with E-state index in [2.05, 4.69) is 36.5 Å². The molecule has 5 heteroatoms. The molecular weight excluding hydrogens is 334 g/mol. The molecule has 1 N–H and O–H groups in total. The number of hydrogen-bond acceptors (Lipinski definition) is 4. The number of nitrogens with one attached hydrogen (secondary N) is 1. The van der Waals surface area contributed by atoms with E-state index in [9.17, 15) is 4.79 Å². The molecule has 2 aromatic carbocycles. The Morgan fingerprint density at radius 3 is 2.28 bits per heavy atom. The lowest BCUT2D eigenvalue weighted by molar-refractivity contribution is -0.120. The molecular formula is C20H25NO3S. The van der Waals surface area contributed by atoms with Gasteiger partial charge in [-0.3, -0.25) is 4.79 Å². The first-order chi connectivity index (χ1) is 12.1. The van der Waals surface area contributed by atoms with E-state index in [-0.39, 0.29) is 5.91 Å². The molecule has 25 heavy (non-hydrogen) atoms. The van der Waals surface area contributed by atoms with E-state index >= 15 is 0 Å². The average Bonchev–Trinajstić information content (AvgIpc) is 2.64. The zero-order chi connectivity index (χ0) is 18.1. The molecule has 0 unspecified atom stereocenters. The Morgan fingerprint density at radius 1 is 1.04 bits per heavy atom. The van der Waals surface area contributed by atoms with Gasteiger partial charge in [0.15, 0.2) is 0 Å². The predicted octanol–water partition coefficient (Wildman–Crippen LogP) is 3.85. The number of rotatable bonds is 9. The molecule has 0 atom stereocenters. The summed E-state index contributed by atoms with van der Waals surface area (Å²) in [6.45, 7) is 2.74. The van der Waals surface area contributed by atoms with Crippen LogP contribution in [0.5, 0.6) is 11.5 Å². The van der Waals surface area contributed by atoms with Crippen LogP contribution in [0.4, 0.5) is 0 Å². The van der Waals surface area contributed by atoms with Crippen molar-refractivity contribution in [3.8, 4) is 11.5 Å². The zero-order valence-electron chi connectivity index (χ0n) is 15.0. The minimum Gasteiger partial charge on any atom is -0.497 e. The van der Waals surface area contributed by atoms with Crippen LogP contribution in [0.1, 0.15) is 17.5 Å². The molecule has 2 rings (SSSR count). The quantitative estimate of drug-likeness (QED) is 0.546. The third-order valence-corrected chi connectivity index (χ3v) is 4.78. The van der Waals surface area contributed by atoms with Crippen LogP contribution in [-0.2, 0) is 11.2 Å². The lowest BCUT2D eigenvalue weighted by Gasteiger charge is -2.09. The first-order valence-corrected chi connectivity index (χ1v) is 9.27. The Labute approximate surface area is 153 Å². The fourth-order valence-electron chi connectivity index (χ4n) is 2.35. The number of amides is 1. The Kier molecular flexibility index (Phi) is 7.67. The number of carbonyl (C=O) groups is 1. The van der Waals surface area contributed by atoms with Crippen molar-refractivity contribution in [3.63, 3.8) is 0 Å². The van der Waals surface area contributed by atoms with Gasteiger partial charge in [-0.05, 0) is 43.2 Å². The molecule has 0 radical (unpaired) electrons. The second-order valence-electron chi connectivity index (χ2n) is 5.73. The maximum Gasteiger partial charge on any atom is 0.220 e. The van der Waals surface area contributed by atoms with Gasteiger partial charge in [0.1, 0.15) is 11.5 Å². The van der Waals surface area contributed by atoms with Crippen LogP contribution in [0.2, 0.25) is 0 Å².